The third-order valence-electron chi connectivity index (χ3n) is 4.84. The fourth-order valence-electron chi connectivity index (χ4n) is 3.45. The Morgan fingerprint density at radius 3 is 2.67 bits per heavy atom. The second-order valence-electron chi connectivity index (χ2n) is 7.65. The van der Waals surface area contributed by atoms with Gasteiger partial charge in [0.25, 0.3) is 5.91 Å². The molecule has 0 radical (unpaired) electrons. The molecule has 1 aliphatic heterocycles. The monoisotopic (exact) mass is 413 g/mol. The van der Waals surface area contributed by atoms with Crippen molar-refractivity contribution in [1.29, 1.82) is 5.26 Å². The number of likely N-dealkylation sites (tertiary alicyclic amines) is 1. The van der Waals surface area contributed by atoms with E-state index in [0.717, 1.165) is 12.0 Å². The van der Waals surface area contributed by atoms with Gasteiger partial charge in [-0.05, 0) is 24.3 Å². The Balaban J connectivity index is 1.97. The molecule has 1 fully saturated rings. The van der Waals surface area contributed by atoms with Gasteiger partial charge in [0.15, 0.2) is 0 Å². The minimum atomic E-state index is -1.59. The lowest BCUT2D eigenvalue weighted by Crippen LogP contribution is -2.41. The SMILES string of the molecule is CC(C)C=C(C#N)C(=O)N1CCC[C@H]1COC(=O)N[C@H](CB(O)O)c1ccccc1. The molecule has 8 nitrogen and oxygen atoms in total. The summed E-state index contributed by atoms with van der Waals surface area (Å²) in [5.41, 5.74) is 0.820. The first-order valence-corrected chi connectivity index (χ1v) is 10.1. The van der Waals surface area contributed by atoms with Gasteiger partial charge in [-0.3, -0.25) is 4.79 Å². The number of carbonyl (C=O) groups excluding carboxylic acids is 2. The lowest BCUT2D eigenvalue weighted by atomic mass is 9.79. The van der Waals surface area contributed by atoms with E-state index in [-0.39, 0.29) is 36.4 Å². The third-order valence-corrected chi connectivity index (χ3v) is 4.84. The average Bonchev–Trinajstić information content (AvgIpc) is 3.18. The van der Waals surface area contributed by atoms with Crippen LogP contribution in [0.15, 0.2) is 42.0 Å². The van der Waals surface area contributed by atoms with E-state index in [1.807, 2.05) is 26.0 Å². The van der Waals surface area contributed by atoms with E-state index < -0.39 is 19.3 Å². The lowest BCUT2D eigenvalue weighted by Gasteiger charge is -2.25. The first-order chi connectivity index (χ1) is 14.3. The normalized spacial score (nSPS) is 17.4. The second kappa shape index (κ2) is 11.4. The molecule has 0 aromatic heterocycles. The van der Waals surface area contributed by atoms with E-state index in [2.05, 4.69) is 5.32 Å². The quantitative estimate of drug-likeness (QED) is 0.341. The van der Waals surface area contributed by atoms with Crippen LogP contribution in [0.1, 0.15) is 38.3 Å². The van der Waals surface area contributed by atoms with E-state index in [9.17, 15) is 24.9 Å². The lowest BCUT2D eigenvalue weighted by molar-refractivity contribution is -0.128. The van der Waals surface area contributed by atoms with Crippen molar-refractivity contribution >= 4 is 19.1 Å². The molecule has 30 heavy (non-hydrogen) atoms. The molecule has 3 N–H and O–H groups in total. The number of hydrogen-bond donors (Lipinski definition) is 3. The van der Waals surface area contributed by atoms with Crippen LogP contribution in [0.3, 0.4) is 0 Å². The Labute approximate surface area is 177 Å². The number of alkyl carbamates (subject to hydrolysis) is 1. The minimum Gasteiger partial charge on any atom is -0.447 e. The van der Waals surface area contributed by atoms with Crippen LogP contribution in [0.4, 0.5) is 4.79 Å². The molecule has 1 aliphatic rings. The Morgan fingerprint density at radius 2 is 2.07 bits per heavy atom. The molecule has 2 amide bonds. The van der Waals surface area contributed by atoms with Gasteiger partial charge < -0.3 is 25.0 Å². The Kier molecular flexibility index (Phi) is 8.90. The predicted molar refractivity (Wildman–Crippen MR) is 112 cm³/mol. The highest BCUT2D eigenvalue weighted by Gasteiger charge is 2.32. The number of ether oxygens (including phenoxy) is 1. The molecular weight excluding hydrogens is 385 g/mol. The first-order valence-electron chi connectivity index (χ1n) is 10.1. The van der Waals surface area contributed by atoms with E-state index in [0.29, 0.717) is 13.0 Å². The van der Waals surface area contributed by atoms with Gasteiger partial charge in [-0.1, -0.05) is 50.3 Å². The van der Waals surface area contributed by atoms with Crippen molar-refractivity contribution in [1.82, 2.24) is 10.2 Å². The van der Waals surface area contributed by atoms with Crippen molar-refractivity contribution in [2.75, 3.05) is 13.2 Å². The molecule has 0 bridgehead atoms. The molecule has 1 heterocycles. The molecule has 0 spiro atoms. The Morgan fingerprint density at radius 1 is 1.37 bits per heavy atom. The molecule has 2 atom stereocenters. The molecule has 2 rings (SSSR count). The maximum absolute atomic E-state index is 12.7. The first kappa shape index (κ1) is 23.5. The highest BCUT2D eigenvalue weighted by Crippen LogP contribution is 2.22. The summed E-state index contributed by atoms with van der Waals surface area (Å²) in [6.07, 6.45) is 2.29. The highest BCUT2D eigenvalue weighted by atomic mass is 16.5. The number of amides is 2. The van der Waals surface area contributed by atoms with Crippen LogP contribution in [0, 0.1) is 17.2 Å². The summed E-state index contributed by atoms with van der Waals surface area (Å²) in [4.78, 5) is 26.6. The minimum absolute atomic E-state index is 0.00114. The smallest absolute Gasteiger partial charge is 0.447 e. The van der Waals surface area contributed by atoms with Gasteiger partial charge in [0, 0.05) is 12.9 Å². The largest absolute Gasteiger partial charge is 0.453 e. The van der Waals surface area contributed by atoms with Crippen LogP contribution in [-0.4, -0.2) is 53.3 Å². The van der Waals surface area contributed by atoms with Crippen molar-refractivity contribution in [3.05, 3.63) is 47.5 Å². The van der Waals surface area contributed by atoms with E-state index in [1.54, 1.807) is 35.2 Å². The van der Waals surface area contributed by atoms with Crippen LogP contribution >= 0.6 is 0 Å². The average molecular weight is 413 g/mol. The number of benzene rings is 1. The number of allylic oxidation sites excluding steroid dienone is 1. The molecule has 160 valence electrons. The molecule has 1 aromatic carbocycles. The summed E-state index contributed by atoms with van der Waals surface area (Å²) < 4.78 is 5.32. The van der Waals surface area contributed by atoms with Crippen LogP contribution in [0.25, 0.3) is 0 Å². The maximum Gasteiger partial charge on any atom is 0.453 e. The highest BCUT2D eigenvalue weighted by molar-refractivity contribution is 6.41. The standard InChI is InChI=1S/C21H28BN3O5/c1-15(2)11-17(13-23)20(26)25-10-6-9-18(25)14-30-21(27)24-19(12-22(28)29)16-7-4-3-5-8-16/h3-5,7-8,11,15,18-19,28-29H,6,9-10,12,14H2,1-2H3,(H,24,27)/t18-,19+/m0/s1. The van der Waals surface area contributed by atoms with E-state index in [1.165, 1.54) is 0 Å². The van der Waals surface area contributed by atoms with Gasteiger partial charge in [-0.2, -0.15) is 5.26 Å². The maximum atomic E-state index is 12.7. The number of hydrogen-bond acceptors (Lipinski definition) is 6. The molecule has 1 aromatic rings. The summed E-state index contributed by atoms with van der Waals surface area (Å²) in [5, 5.41) is 30.6. The molecule has 9 heteroatoms. The second-order valence-corrected chi connectivity index (χ2v) is 7.65. The third kappa shape index (κ3) is 6.90. The zero-order valence-electron chi connectivity index (χ0n) is 17.3. The molecule has 1 saturated heterocycles. The van der Waals surface area contributed by atoms with Gasteiger partial charge >= 0.3 is 13.2 Å². The summed E-state index contributed by atoms with van der Waals surface area (Å²) in [5.74, 6) is -0.272. The zero-order valence-corrected chi connectivity index (χ0v) is 17.3. The number of nitriles is 1. The van der Waals surface area contributed by atoms with Crippen molar-refractivity contribution in [2.24, 2.45) is 5.92 Å². The van der Waals surface area contributed by atoms with Crippen LogP contribution < -0.4 is 5.32 Å². The summed E-state index contributed by atoms with van der Waals surface area (Å²) in [6.45, 7) is 4.30. The topological polar surface area (TPSA) is 123 Å². The van der Waals surface area contributed by atoms with Crippen LogP contribution in [-0.2, 0) is 9.53 Å². The summed E-state index contributed by atoms with van der Waals surface area (Å²) in [7, 11) is -1.59. The number of carbonyl (C=O) groups is 2. The van der Waals surface area contributed by atoms with Gasteiger partial charge in [0.1, 0.15) is 18.2 Å². The van der Waals surface area contributed by atoms with Crippen molar-refractivity contribution in [3.63, 3.8) is 0 Å². The van der Waals surface area contributed by atoms with Crippen LogP contribution in [0.2, 0.25) is 6.32 Å². The number of rotatable bonds is 8. The van der Waals surface area contributed by atoms with E-state index in [4.69, 9.17) is 4.74 Å². The fourth-order valence-corrected chi connectivity index (χ4v) is 3.45. The van der Waals surface area contributed by atoms with Gasteiger partial charge in [0.2, 0.25) is 0 Å². The van der Waals surface area contributed by atoms with Crippen LogP contribution in [0.5, 0.6) is 0 Å². The predicted octanol–water partition coefficient (Wildman–Crippen LogP) is 2.02. The van der Waals surface area contributed by atoms with E-state index >= 15 is 0 Å². The molecule has 0 saturated carbocycles. The zero-order chi connectivity index (χ0) is 22.1. The molecular formula is C21H28BN3O5. The summed E-state index contributed by atoms with van der Waals surface area (Å²) in [6, 6.07) is 9.98. The van der Waals surface area contributed by atoms with Crippen molar-refractivity contribution in [3.8, 4) is 6.07 Å². The Bertz CT molecular complexity index is 792. The number of nitrogens with one attached hydrogen (secondary N) is 1. The summed E-state index contributed by atoms with van der Waals surface area (Å²) >= 11 is 0. The molecule has 0 unspecified atom stereocenters. The fraction of sp³-hybridized carbons (Fsp3) is 0.476. The van der Waals surface area contributed by atoms with Gasteiger partial charge in [-0.25, -0.2) is 4.79 Å². The van der Waals surface area contributed by atoms with Gasteiger partial charge in [0.05, 0.1) is 12.1 Å². The van der Waals surface area contributed by atoms with Gasteiger partial charge in [-0.15, -0.1) is 0 Å². The van der Waals surface area contributed by atoms with Crippen molar-refractivity contribution < 1.29 is 24.4 Å². The number of nitrogens with zero attached hydrogens (tertiary/aromatic N) is 2. The Hall–Kier alpha value is -2.83. The molecule has 0 aliphatic carbocycles. The van der Waals surface area contributed by atoms with Crippen molar-refractivity contribution in [2.45, 2.75) is 45.1 Å².